The molecule has 0 amide bonds. The molecule has 0 N–H and O–H groups in total. The van der Waals surface area contributed by atoms with E-state index in [2.05, 4.69) is 19.9 Å². The lowest BCUT2D eigenvalue weighted by Gasteiger charge is -2.30. The third-order valence-electron chi connectivity index (χ3n) is 3.16. The fraction of sp³-hybridized carbons (Fsp3) is 0.545. The lowest BCUT2D eigenvalue weighted by molar-refractivity contribution is 0.307. The summed E-state index contributed by atoms with van der Waals surface area (Å²) in [6.45, 7) is 4.35. The zero-order valence-electron chi connectivity index (χ0n) is 8.16. The lowest BCUT2D eigenvalue weighted by Crippen LogP contribution is -2.32. The number of aromatic nitrogens is 1. The third-order valence-corrected chi connectivity index (χ3v) is 3.16. The van der Waals surface area contributed by atoms with Crippen LogP contribution in [0.3, 0.4) is 0 Å². The van der Waals surface area contributed by atoms with Gasteiger partial charge in [-0.05, 0) is 31.7 Å². The zero-order valence-corrected chi connectivity index (χ0v) is 8.16. The molecule has 1 aliphatic heterocycles. The van der Waals surface area contributed by atoms with Gasteiger partial charge < -0.3 is 4.57 Å². The summed E-state index contributed by atoms with van der Waals surface area (Å²) in [4.78, 5) is 11.6. The summed E-state index contributed by atoms with van der Waals surface area (Å²) in [7, 11) is 0. The second-order valence-electron chi connectivity index (χ2n) is 3.98. The van der Waals surface area contributed by atoms with Gasteiger partial charge in [-0.3, -0.25) is 4.79 Å². The van der Waals surface area contributed by atoms with Crippen molar-refractivity contribution in [3.05, 3.63) is 34.2 Å². The van der Waals surface area contributed by atoms with Crippen LogP contribution in [0.25, 0.3) is 0 Å². The Morgan fingerprint density at radius 3 is 2.92 bits per heavy atom. The smallest absolute Gasteiger partial charge is 0.250 e. The van der Waals surface area contributed by atoms with E-state index >= 15 is 0 Å². The van der Waals surface area contributed by atoms with Crippen molar-refractivity contribution in [2.24, 2.45) is 5.92 Å². The van der Waals surface area contributed by atoms with Crippen LogP contribution in [0.15, 0.2) is 23.0 Å². The van der Waals surface area contributed by atoms with Crippen molar-refractivity contribution in [2.75, 3.05) is 0 Å². The fourth-order valence-electron chi connectivity index (χ4n) is 2.08. The molecule has 0 aliphatic carbocycles. The van der Waals surface area contributed by atoms with Gasteiger partial charge in [0.05, 0.1) is 0 Å². The predicted molar refractivity (Wildman–Crippen MR) is 52.9 cm³/mol. The molecule has 0 unspecified atom stereocenters. The van der Waals surface area contributed by atoms with Crippen molar-refractivity contribution in [1.82, 2.24) is 4.57 Å². The van der Waals surface area contributed by atoms with Crippen molar-refractivity contribution < 1.29 is 0 Å². The first-order valence-corrected chi connectivity index (χ1v) is 4.90. The average Bonchev–Trinajstić information content (AvgIpc) is 2.12. The highest BCUT2D eigenvalue weighted by Crippen LogP contribution is 2.27. The minimum atomic E-state index is 0.150. The summed E-state index contributed by atoms with van der Waals surface area (Å²) in [6, 6.07) is 5.93. The van der Waals surface area contributed by atoms with Gasteiger partial charge in [0.1, 0.15) is 0 Å². The van der Waals surface area contributed by atoms with E-state index in [1.54, 1.807) is 6.07 Å². The first-order chi connectivity index (χ1) is 6.20. The van der Waals surface area contributed by atoms with Crippen LogP contribution in [0.1, 0.15) is 32.0 Å². The molecule has 0 saturated heterocycles. The monoisotopic (exact) mass is 177 g/mol. The Kier molecular flexibility index (Phi) is 1.98. The van der Waals surface area contributed by atoms with Crippen LogP contribution >= 0.6 is 0 Å². The number of hydrogen-bond donors (Lipinski definition) is 0. The van der Waals surface area contributed by atoms with E-state index in [0.29, 0.717) is 12.0 Å². The molecule has 0 bridgehead atoms. The molecule has 2 atom stereocenters. The van der Waals surface area contributed by atoms with Gasteiger partial charge in [0.25, 0.3) is 5.56 Å². The first kappa shape index (κ1) is 8.54. The maximum atomic E-state index is 11.6. The summed E-state index contributed by atoms with van der Waals surface area (Å²) in [5.74, 6) is 0.618. The highest BCUT2D eigenvalue weighted by atomic mass is 16.1. The SMILES string of the molecule is C[C@H]1CCc2cccc(=O)n2[C@H]1C. The van der Waals surface area contributed by atoms with Crippen molar-refractivity contribution >= 4 is 0 Å². The third kappa shape index (κ3) is 1.30. The van der Waals surface area contributed by atoms with E-state index in [-0.39, 0.29) is 5.56 Å². The zero-order chi connectivity index (χ0) is 9.42. The van der Waals surface area contributed by atoms with Gasteiger partial charge in [0.2, 0.25) is 0 Å². The van der Waals surface area contributed by atoms with E-state index in [9.17, 15) is 4.79 Å². The molecule has 2 heterocycles. The van der Waals surface area contributed by atoms with Crippen molar-refractivity contribution in [3.8, 4) is 0 Å². The van der Waals surface area contributed by atoms with Crippen LogP contribution in [0.2, 0.25) is 0 Å². The number of aryl methyl sites for hydroxylation is 1. The second-order valence-corrected chi connectivity index (χ2v) is 3.98. The Balaban J connectivity index is 2.57. The quantitative estimate of drug-likeness (QED) is 0.594. The molecule has 13 heavy (non-hydrogen) atoms. The molecule has 2 nitrogen and oxygen atoms in total. The summed E-state index contributed by atoms with van der Waals surface area (Å²) in [6.07, 6.45) is 2.24. The Morgan fingerprint density at radius 2 is 2.15 bits per heavy atom. The summed E-state index contributed by atoms with van der Waals surface area (Å²) in [5.41, 5.74) is 1.34. The molecule has 0 saturated carbocycles. The van der Waals surface area contributed by atoms with Crippen molar-refractivity contribution in [3.63, 3.8) is 0 Å². The Bertz CT molecular complexity index is 367. The molecular weight excluding hydrogens is 162 g/mol. The molecule has 2 rings (SSSR count). The number of hydrogen-bond acceptors (Lipinski definition) is 1. The second kappa shape index (κ2) is 3.02. The van der Waals surface area contributed by atoms with E-state index in [1.807, 2.05) is 10.6 Å². The van der Waals surface area contributed by atoms with Crippen LogP contribution in [0, 0.1) is 5.92 Å². The Labute approximate surface area is 78.2 Å². The minimum Gasteiger partial charge on any atom is -0.310 e. The molecule has 0 radical (unpaired) electrons. The van der Waals surface area contributed by atoms with Gasteiger partial charge in [-0.2, -0.15) is 0 Å². The Morgan fingerprint density at radius 1 is 1.38 bits per heavy atom. The molecule has 2 heteroatoms. The normalized spacial score (nSPS) is 26.9. The van der Waals surface area contributed by atoms with Gasteiger partial charge in [0.15, 0.2) is 0 Å². The number of pyridine rings is 1. The van der Waals surface area contributed by atoms with E-state index in [1.165, 1.54) is 12.1 Å². The molecule has 0 fully saturated rings. The van der Waals surface area contributed by atoms with Crippen LogP contribution in [0.5, 0.6) is 0 Å². The first-order valence-electron chi connectivity index (χ1n) is 4.90. The highest BCUT2D eigenvalue weighted by Gasteiger charge is 2.22. The molecule has 0 spiro atoms. The molecule has 0 aromatic carbocycles. The minimum absolute atomic E-state index is 0.150. The van der Waals surface area contributed by atoms with Gasteiger partial charge in [-0.25, -0.2) is 0 Å². The summed E-state index contributed by atoms with van der Waals surface area (Å²) < 4.78 is 1.94. The molecular formula is C11H15NO. The Hall–Kier alpha value is -1.05. The highest BCUT2D eigenvalue weighted by molar-refractivity contribution is 5.10. The van der Waals surface area contributed by atoms with Crippen LogP contribution in [-0.4, -0.2) is 4.57 Å². The molecule has 1 aromatic heterocycles. The number of fused-ring (bicyclic) bond motifs is 1. The molecule has 1 aliphatic rings. The van der Waals surface area contributed by atoms with Crippen LogP contribution in [-0.2, 0) is 6.42 Å². The number of rotatable bonds is 0. The predicted octanol–water partition coefficient (Wildman–Crippen LogP) is 1.99. The topological polar surface area (TPSA) is 22.0 Å². The average molecular weight is 177 g/mol. The van der Waals surface area contributed by atoms with Gasteiger partial charge in [0, 0.05) is 17.8 Å². The van der Waals surface area contributed by atoms with Crippen molar-refractivity contribution in [1.29, 1.82) is 0 Å². The van der Waals surface area contributed by atoms with E-state index < -0.39 is 0 Å². The lowest BCUT2D eigenvalue weighted by atomic mass is 9.92. The molecule has 70 valence electrons. The summed E-state index contributed by atoms with van der Waals surface area (Å²) in [5, 5.41) is 0. The standard InChI is InChI=1S/C11H15NO/c1-8-6-7-10-4-3-5-11(13)12(10)9(8)2/h3-5,8-9H,6-7H2,1-2H3/t8-,9-/m0/s1. The van der Waals surface area contributed by atoms with Gasteiger partial charge in [-0.1, -0.05) is 13.0 Å². The summed E-state index contributed by atoms with van der Waals surface area (Å²) >= 11 is 0. The van der Waals surface area contributed by atoms with Crippen molar-refractivity contribution in [2.45, 2.75) is 32.7 Å². The van der Waals surface area contributed by atoms with Gasteiger partial charge >= 0.3 is 0 Å². The fourth-order valence-corrected chi connectivity index (χ4v) is 2.08. The largest absolute Gasteiger partial charge is 0.310 e. The molecule has 1 aromatic rings. The maximum absolute atomic E-state index is 11.6. The van der Waals surface area contributed by atoms with Crippen LogP contribution < -0.4 is 5.56 Å². The van der Waals surface area contributed by atoms with Crippen LogP contribution in [0.4, 0.5) is 0 Å². The number of nitrogens with zero attached hydrogens (tertiary/aromatic N) is 1. The van der Waals surface area contributed by atoms with Gasteiger partial charge in [-0.15, -0.1) is 0 Å². The van der Waals surface area contributed by atoms with E-state index in [4.69, 9.17) is 0 Å². The van der Waals surface area contributed by atoms with E-state index in [0.717, 1.165) is 6.42 Å². The maximum Gasteiger partial charge on any atom is 0.250 e.